The summed E-state index contributed by atoms with van der Waals surface area (Å²) in [4.78, 5) is 13.1. The zero-order valence-corrected chi connectivity index (χ0v) is 29.6. The fourth-order valence-electron chi connectivity index (χ4n) is 8.28. The number of thiophene rings is 1. The van der Waals surface area contributed by atoms with Crippen LogP contribution in [-0.4, -0.2) is 23.6 Å². The first kappa shape index (κ1) is 30.1. The Balaban J connectivity index is 1.20. The van der Waals surface area contributed by atoms with E-state index in [1.807, 2.05) is 23.5 Å². The molecule has 4 nitrogen and oxygen atoms in total. The van der Waals surface area contributed by atoms with Crippen LogP contribution in [0.3, 0.4) is 0 Å². The number of para-hydroxylation sites is 1. The number of hydrogen-bond acceptors (Lipinski definition) is 5. The van der Waals surface area contributed by atoms with Gasteiger partial charge in [-0.2, -0.15) is 0 Å². The zero-order chi connectivity index (χ0) is 35.0. The molecule has 0 N–H and O–H groups in total. The number of fused-ring (bicyclic) bond motifs is 9. The summed E-state index contributed by atoms with van der Waals surface area (Å²) in [5.41, 5.74) is 7.16. The lowest BCUT2D eigenvalue weighted by molar-refractivity contribution is 0.386. The van der Waals surface area contributed by atoms with E-state index in [1.54, 1.807) is 0 Å². The maximum Gasteiger partial charge on any atom is 0.159 e. The lowest BCUT2D eigenvalue weighted by Crippen LogP contribution is -2.36. The highest BCUT2D eigenvalue weighted by Crippen LogP contribution is 2.47. The Labute approximate surface area is 309 Å². The van der Waals surface area contributed by atoms with Crippen molar-refractivity contribution in [2.24, 2.45) is 9.98 Å². The van der Waals surface area contributed by atoms with Crippen LogP contribution >= 0.6 is 11.3 Å². The molecule has 250 valence electrons. The molecule has 10 aromatic rings. The largest absolute Gasteiger partial charge is 0.456 e. The fourth-order valence-corrected chi connectivity index (χ4v) is 9.41. The van der Waals surface area contributed by atoms with Gasteiger partial charge in [0, 0.05) is 54.7 Å². The van der Waals surface area contributed by atoms with Crippen molar-refractivity contribution in [2.75, 3.05) is 7.05 Å². The maximum atomic E-state index is 6.56. The van der Waals surface area contributed by atoms with E-state index >= 15 is 0 Å². The first-order chi connectivity index (χ1) is 26.2. The van der Waals surface area contributed by atoms with Crippen LogP contribution in [0.15, 0.2) is 178 Å². The second-order valence-corrected chi connectivity index (χ2v) is 14.8. The monoisotopic (exact) mass is 697 g/mol. The second-order valence-electron chi connectivity index (χ2n) is 13.7. The first-order valence-electron chi connectivity index (χ1n) is 17.9. The first-order valence-corrected chi connectivity index (χ1v) is 18.7. The van der Waals surface area contributed by atoms with Gasteiger partial charge in [-0.1, -0.05) is 133 Å². The Morgan fingerprint density at radius 3 is 2.17 bits per heavy atom. The van der Waals surface area contributed by atoms with E-state index in [0.717, 1.165) is 50.0 Å². The molecule has 8 aromatic carbocycles. The molecule has 1 aliphatic heterocycles. The standard InChI is InChI=1S/C48H31N3OS/c1-51-47(32-24-25-34-31(28-32)23-22-29-12-5-6-15-33(29)34)49-46(30-13-3-2-4-14-30)50-48(51)45-36(26-27-40-44(45)37-16-7-9-19-39(37)52-40)35-18-11-21-42-43(35)38-17-8-10-20-41(38)53-42/h2-28,48H,1H3. The molecule has 0 radical (unpaired) electrons. The van der Waals surface area contributed by atoms with E-state index in [1.165, 1.54) is 47.3 Å². The molecular weight excluding hydrogens is 667 g/mol. The lowest BCUT2D eigenvalue weighted by Gasteiger charge is -2.34. The zero-order valence-electron chi connectivity index (χ0n) is 28.8. The van der Waals surface area contributed by atoms with Crippen molar-refractivity contribution in [2.45, 2.75) is 6.17 Å². The minimum Gasteiger partial charge on any atom is -0.456 e. The van der Waals surface area contributed by atoms with E-state index in [0.29, 0.717) is 5.84 Å². The van der Waals surface area contributed by atoms with Gasteiger partial charge in [-0.15, -0.1) is 11.3 Å². The number of benzene rings is 8. The summed E-state index contributed by atoms with van der Waals surface area (Å²) < 4.78 is 9.11. The number of aliphatic imine (C=N–C) groups is 2. The quantitative estimate of drug-likeness (QED) is 0.172. The lowest BCUT2D eigenvalue weighted by atomic mass is 9.90. The average Bonchev–Trinajstić information content (AvgIpc) is 3.79. The molecule has 0 spiro atoms. The summed E-state index contributed by atoms with van der Waals surface area (Å²) in [7, 11) is 2.13. The van der Waals surface area contributed by atoms with Gasteiger partial charge in [-0.3, -0.25) is 0 Å². The van der Waals surface area contributed by atoms with Gasteiger partial charge < -0.3 is 9.32 Å². The third-order valence-corrected chi connectivity index (χ3v) is 11.9. The van der Waals surface area contributed by atoms with Crippen molar-refractivity contribution >= 4 is 86.7 Å². The number of furan rings is 1. The molecule has 53 heavy (non-hydrogen) atoms. The van der Waals surface area contributed by atoms with Crippen molar-refractivity contribution in [3.63, 3.8) is 0 Å². The second kappa shape index (κ2) is 11.7. The van der Waals surface area contributed by atoms with E-state index in [-0.39, 0.29) is 0 Å². The molecule has 0 saturated heterocycles. The van der Waals surface area contributed by atoms with Crippen LogP contribution in [0.4, 0.5) is 0 Å². The van der Waals surface area contributed by atoms with Gasteiger partial charge in [0.05, 0.1) is 0 Å². The van der Waals surface area contributed by atoms with Crippen LogP contribution in [0.25, 0.3) is 74.8 Å². The summed E-state index contributed by atoms with van der Waals surface area (Å²) in [6, 6.07) is 58.2. The molecule has 11 rings (SSSR count). The SMILES string of the molecule is CN1C(c2ccc3c(ccc4ccccc43)c2)=NC(c2ccccc2)=NC1c1c(-c2cccc3sc4ccccc4c23)ccc2oc3ccccc3c12. The Hall–Kier alpha value is -6.56. The number of hydrogen-bond donors (Lipinski definition) is 0. The Morgan fingerprint density at radius 2 is 1.26 bits per heavy atom. The van der Waals surface area contributed by atoms with E-state index in [9.17, 15) is 0 Å². The summed E-state index contributed by atoms with van der Waals surface area (Å²) in [5, 5.41) is 9.58. The van der Waals surface area contributed by atoms with Crippen molar-refractivity contribution in [3.8, 4) is 11.1 Å². The van der Waals surface area contributed by atoms with E-state index in [4.69, 9.17) is 14.4 Å². The topological polar surface area (TPSA) is 41.1 Å². The Kier molecular flexibility index (Phi) is 6.67. The molecule has 0 aliphatic carbocycles. The molecule has 5 heteroatoms. The molecule has 0 amide bonds. The fraction of sp³-hybridized carbons (Fsp3) is 0.0417. The van der Waals surface area contributed by atoms with Crippen LogP contribution in [0.1, 0.15) is 22.9 Å². The molecule has 1 aliphatic rings. The Morgan fingerprint density at radius 1 is 0.528 bits per heavy atom. The van der Waals surface area contributed by atoms with Crippen LogP contribution < -0.4 is 0 Å². The minimum atomic E-state index is -0.412. The van der Waals surface area contributed by atoms with Crippen molar-refractivity contribution in [3.05, 3.63) is 180 Å². The highest BCUT2D eigenvalue weighted by Gasteiger charge is 2.32. The summed E-state index contributed by atoms with van der Waals surface area (Å²) in [5.74, 6) is 1.58. The average molecular weight is 698 g/mol. The van der Waals surface area contributed by atoms with Gasteiger partial charge in [0.2, 0.25) is 0 Å². The third-order valence-electron chi connectivity index (χ3n) is 10.7. The molecule has 2 aromatic heterocycles. The predicted molar refractivity (Wildman–Crippen MR) is 224 cm³/mol. The van der Waals surface area contributed by atoms with Crippen molar-refractivity contribution in [1.29, 1.82) is 0 Å². The molecule has 0 bridgehead atoms. The van der Waals surface area contributed by atoms with Gasteiger partial charge >= 0.3 is 0 Å². The number of rotatable bonds is 4. The van der Waals surface area contributed by atoms with Crippen LogP contribution in [-0.2, 0) is 0 Å². The highest BCUT2D eigenvalue weighted by atomic mass is 32.1. The normalized spacial score (nSPS) is 14.9. The molecule has 1 unspecified atom stereocenters. The number of amidine groups is 2. The van der Waals surface area contributed by atoms with Crippen molar-refractivity contribution < 1.29 is 4.42 Å². The molecule has 0 fully saturated rings. The minimum absolute atomic E-state index is 0.412. The van der Waals surface area contributed by atoms with Crippen molar-refractivity contribution in [1.82, 2.24) is 4.90 Å². The van der Waals surface area contributed by atoms with Crippen LogP contribution in [0, 0.1) is 0 Å². The van der Waals surface area contributed by atoms with Gasteiger partial charge in [0.1, 0.15) is 17.0 Å². The third kappa shape index (κ3) is 4.67. The van der Waals surface area contributed by atoms with Gasteiger partial charge in [-0.25, -0.2) is 9.98 Å². The smallest absolute Gasteiger partial charge is 0.159 e. The van der Waals surface area contributed by atoms with Gasteiger partial charge in [0.25, 0.3) is 0 Å². The van der Waals surface area contributed by atoms with E-state index in [2.05, 4.69) is 164 Å². The van der Waals surface area contributed by atoms with Gasteiger partial charge in [0.15, 0.2) is 12.0 Å². The van der Waals surface area contributed by atoms with Crippen LogP contribution in [0.5, 0.6) is 0 Å². The summed E-state index contributed by atoms with van der Waals surface area (Å²) in [6.07, 6.45) is -0.412. The maximum absolute atomic E-state index is 6.56. The summed E-state index contributed by atoms with van der Waals surface area (Å²) >= 11 is 1.84. The van der Waals surface area contributed by atoms with E-state index < -0.39 is 6.17 Å². The Bertz CT molecular complexity index is 3150. The molecular formula is C48H31N3OS. The van der Waals surface area contributed by atoms with Gasteiger partial charge in [-0.05, 0) is 63.0 Å². The molecule has 0 saturated carbocycles. The molecule has 3 heterocycles. The highest BCUT2D eigenvalue weighted by molar-refractivity contribution is 7.25. The number of nitrogens with zero attached hydrogens (tertiary/aromatic N) is 3. The van der Waals surface area contributed by atoms with Crippen LogP contribution in [0.2, 0.25) is 0 Å². The predicted octanol–water partition coefficient (Wildman–Crippen LogP) is 12.8. The summed E-state index contributed by atoms with van der Waals surface area (Å²) in [6.45, 7) is 0. The molecule has 1 atom stereocenters.